The molecule has 1 aromatic heterocycles. The molecule has 3 rings (SSSR count). The SMILES string of the molecule is O=C(CC(Nc1ccc(Cl)c([N+](=O)[O-])c1)c1ccco1)c1ccc(Cl)cc1. The maximum atomic E-state index is 12.6. The number of nitro groups is 1. The second-order valence-electron chi connectivity index (χ2n) is 5.77. The Kier molecular flexibility index (Phi) is 5.78. The lowest BCUT2D eigenvalue weighted by Crippen LogP contribution is -2.15. The number of furan rings is 1. The molecule has 0 amide bonds. The monoisotopic (exact) mass is 404 g/mol. The maximum absolute atomic E-state index is 12.6. The molecule has 0 spiro atoms. The highest BCUT2D eigenvalue weighted by Crippen LogP contribution is 2.31. The molecule has 0 radical (unpaired) electrons. The summed E-state index contributed by atoms with van der Waals surface area (Å²) in [5.41, 5.74) is 0.750. The molecule has 1 atom stereocenters. The third kappa shape index (κ3) is 4.67. The Balaban J connectivity index is 1.84. The average molecular weight is 405 g/mol. The van der Waals surface area contributed by atoms with E-state index in [-0.39, 0.29) is 22.9 Å². The molecule has 0 aliphatic rings. The standard InChI is InChI=1S/C19H14Cl2N2O4/c20-13-5-3-12(4-6-13)18(24)11-16(19-2-1-9-27-19)22-14-7-8-15(21)17(10-14)23(25)26/h1-10,16,22H,11H2. The summed E-state index contributed by atoms with van der Waals surface area (Å²) >= 11 is 11.7. The maximum Gasteiger partial charge on any atom is 0.289 e. The summed E-state index contributed by atoms with van der Waals surface area (Å²) in [5, 5.41) is 14.8. The number of Topliss-reactive ketones (excluding diaryl/α,β-unsaturated/α-hetero) is 1. The summed E-state index contributed by atoms with van der Waals surface area (Å²) in [7, 11) is 0. The molecule has 0 fully saturated rings. The van der Waals surface area contributed by atoms with Gasteiger partial charge in [-0.05, 0) is 48.5 Å². The van der Waals surface area contributed by atoms with E-state index in [0.29, 0.717) is 22.0 Å². The van der Waals surface area contributed by atoms with Crippen LogP contribution in [0.4, 0.5) is 11.4 Å². The topological polar surface area (TPSA) is 85.4 Å². The van der Waals surface area contributed by atoms with Crippen molar-refractivity contribution in [2.24, 2.45) is 0 Å². The first kappa shape index (κ1) is 18.9. The summed E-state index contributed by atoms with van der Waals surface area (Å²) in [5.74, 6) is 0.416. The first-order valence-corrected chi connectivity index (χ1v) is 8.72. The summed E-state index contributed by atoms with van der Waals surface area (Å²) in [6, 6.07) is 13.9. The number of ketones is 1. The van der Waals surface area contributed by atoms with E-state index in [2.05, 4.69) is 5.32 Å². The van der Waals surface area contributed by atoms with Crippen LogP contribution in [0, 0.1) is 10.1 Å². The lowest BCUT2D eigenvalue weighted by Gasteiger charge is -2.17. The predicted molar refractivity (Wildman–Crippen MR) is 104 cm³/mol. The summed E-state index contributed by atoms with van der Waals surface area (Å²) in [4.78, 5) is 23.2. The third-order valence-corrected chi connectivity index (χ3v) is 4.50. The molecule has 0 saturated carbocycles. The summed E-state index contributed by atoms with van der Waals surface area (Å²) < 4.78 is 5.43. The van der Waals surface area contributed by atoms with Crippen molar-refractivity contribution < 1.29 is 14.1 Å². The zero-order valence-corrected chi connectivity index (χ0v) is 15.4. The molecular formula is C19H14Cl2N2O4. The van der Waals surface area contributed by atoms with E-state index in [1.54, 1.807) is 42.5 Å². The van der Waals surface area contributed by atoms with Gasteiger partial charge >= 0.3 is 0 Å². The number of rotatable bonds is 7. The normalized spacial score (nSPS) is 11.8. The van der Waals surface area contributed by atoms with Gasteiger partial charge in [0.15, 0.2) is 5.78 Å². The fraction of sp³-hybridized carbons (Fsp3) is 0.105. The van der Waals surface area contributed by atoms with E-state index in [1.807, 2.05) is 0 Å². The summed E-state index contributed by atoms with van der Waals surface area (Å²) in [6.45, 7) is 0. The van der Waals surface area contributed by atoms with Gasteiger partial charge in [0, 0.05) is 28.8 Å². The number of carbonyl (C=O) groups is 1. The minimum absolute atomic E-state index is 0.0392. The zero-order chi connectivity index (χ0) is 19.4. The van der Waals surface area contributed by atoms with Crippen molar-refractivity contribution in [3.05, 3.63) is 92.3 Å². The lowest BCUT2D eigenvalue weighted by molar-refractivity contribution is -0.384. The number of hydrogen-bond donors (Lipinski definition) is 1. The molecule has 0 saturated heterocycles. The van der Waals surface area contributed by atoms with Gasteiger partial charge in [-0.25, -0.2) is 0 Å². The number of anilines is 1. The Hall–Kier alpha value is -2.83. The van der Waals surface area contributed by atoms with Crippen LogP contribution in [-0.4, -0.2) is 10.7 Å². The van der Waals surface area contributed by atoms with Crippen molar-refractivity contribution in [3.63, 3.8) is 0 Å². The van der Waals surface area contributed by atoms with Gasteiger partial charge in [0.2, 0.25) is 0 Å². The van der Waals surface area contributed by atoms with E-state index in [0.717, 1.165) is 0 Å². The van der Waals surface area contributed by atoms with Crippen LogP contribution in [0.25, 0.3) is 0 Å². The molecule has 27 heavy (non-hydrogen) atoms. The average Bonchev–Trinajstić information content (AvgIpc) is 3.17. The Morgan fingerprint density at radius 3 is 2.52 bits per heavy atom. The number of nitrogens with zero attached hydrogens (tertiary/aromatic N) is 1. The van der Waals surface area contributed by atoms with Crippen molar-refractivity contribution in [3.8, 4) is 0 Å². The van der Waals surface area contributed by atoms with Crippen LogP contribution >= 0.6 is 23.2 Å². The highest BCUT2D eigenvalue weighted by molar-refractivity contribution is 6.32. The van der Waals surface area contributed by atoms with Crippen LogP contribution < -0.4 is 5.32 Å². The van der Waals surface area contributed by atoms with Gasteiger partial charge in [-0.15, -0.1) is 0 Å². The molecule has 1 heterocycles. The minimum Gasteiger partial charge on any atom is -0.467 e. The zero-order valence-electron chi connectivity index (χ0n) is 13.9. The largest absolute Gasteiger partial charge is 0.467 e. The van der Waals surface area contributed by atoms with E-state index in [1.165, 1.54) is 18.4 Å². The van der Waals surface area contributed by atoms with E-state index in [4.69, 9.17) is 27.6 Å². The number of halogens is 2. The molecule has 0 bridgehead atoms. The molecule has 0 aliphatic heterocycles. The van der Waals surface area contributed by atoms with E-state index >= 15 is 0 Å². The number of benzene rings is 2. The van der Waals surface area contributed by atoms with Crippen LogP contribution in [0.2, 0.25) is 10.0 Å². The van der Waals surface area contributed by atoms with Gasteiger partial charge < -0.3 is 9.73 Å². The first-order valence-electron chi connectivity index (χ1n) is 7.96. The second-order valence-corrected chi connectivity index (χ2v) is 6.61. The van der Waals surface area contributed by atoms with E-state index in [9.17, 15) is 14.9 Å². The van der Waals surface area contributed by atoms with E-state index < -0.39 is 11.0 Å². The Bertz CT molecular complexity index is 956. The first-order chi connectivity index (χ1) is 12.9. The molecule has 3 aromatic rings. The summed E-state index contributed by atoms with van der Waals surface area (Å²) in [6.07, 6.45) is 1.59. The van der Waals surface area contributed by atoms with Crippen LogP contribution in [0.3, 0.4) is 0 Å². The van der Waals surface area contributed by atoms with Crippen molar-refractivity contribution in [1.82, 2.24) is 0 Å². The predicted octanol–water partition coefficient (Wildman–Crippen LogP) is 5.92. The number of carbonyl (C=O) groups excluding carboxylic acids is 1. The third-order valence-electron chi connectivity index (χ3n) is 3.93. The molecule has 1 N–H and O–H groups in total. The van der Waals surface area contributed by atoms with Crippen molar-refractivity contribution in [2.75, 3.05) is 5.32 Å². The molecule has 0 aliphatic carbocycles. The van der Waals surface area contributed by atoms with Crippen LogP contribution in [0.1, 0.15) is 28.6 Å². The second kappa shape index (κ2) is 8.24. The molecule has 2 aromatic carbocycles. The van der Waals surface area contributed by atoms with Gasteiger partial charge in [0.05, 0.1) is 17.2 Å². The number of nitrogens with one attached hydrogen (secondary N) is 1. The Labute approximate surface area is 164 Å². The van der Waals surface area contributed by atoms with Gasteiger partial charge in [0.1, 0.15) is 10.8 Å². The molecule has 1 unspecified atom stereocenters. The van der Waals surface area contributed by atoms with Crippen LogP contribution in [0.5, 0.6) is 0 Å². The smallest absolute Gasteiger partial charge is 0.289 e. The minimum atomic E-state index is -0.561. The molecular weight excluding hydrogens is 391 g/mol. The highest BCUT2D eigenvalue weighted by Gasteiger charge is 2.21. The fourth-order valence-electron chi connectivity index (χ4n) is 2.59. The van der Waals surface area contributed by atoms with Crippen molar-refractivity contribution in [2.45, 2.75) is 12.5 Å². The Morgan fingerprint density at radius 2 is 1.89 bits per heavy atom. The number of nitro benzene ring substituents is 1. The van der Waals surface area contributed by atoms with Gasteiger partial charge in [0.25, 0.3) is 5.69 Å². The Morgan fingerprint density at radius 1 is 1.15 bits per heavy atom. The quantitative estimate of drug-likeness (QED) is 0.300. The molecule has 8 heteroatoms. The lowest BCUT2D eigenvalue weighted by atomic mass is 10.0. The fourth-order valence-corrected chi connectivity index (χ4v) is 2.91. The van der Waals surface area contributed by atoms with Gasteiger partial charge in [-0.2, -0.15) is 0 Å². The highest BCUT2D eigenvalue weighted by atomic mass is 35.5. The van der Waals surface area contributed by atoms with Crippen LogP contribution in [0.15, 0.2) is 65.3 Å². The molecule has 6 nitrogen and oxygen atoms in total. The van der Waals surface area contributed by atoms with Crippen LogP contribution in [-0.2, 0) is 0 Å². The van der Waals surface area contributed by atoms with Crippen molar-refractivity contribution in [1.29, 1.82) is 0 Å². The van der Waals surface area contributed by atoms with Gasteiger partial charge in [-0.1, -0.05) is 23.2 Å². The molecule has 138 valence electrons. The number of hydrogen-bond acceptors (Lipinski definition) is 5. The van der Waals surface area contributed by atoms with Crippen molar-refractivity contribution >= 4 is 40.4 Å². The van der Waals surface area contributed by atoms with Gasteiger partial charge in [-0.3, -0.25) is 14.9 Å².